The summed E-state index contributed by atoms with van der Waals surface area (Å²) in [6.07, 6.45) is 0.536. The monoisotopic (exact) mass is 507 g/mol. The Morgan fingerprint density at radius 2 is 1.94 bits per heavy atom. The summed E-state index contributed by atoms with van der Waals surface area (Å²) < 4.78 is 7.04. The van der Waals surface area contributed by atoms with Crippen LogP contribution in [-0.2, 0) is 4.74 Å². The molecule has 1 fully saturated rings. The summed E-state index contributed by atoms with van der Waals surface area (Å²) >= 11 is 12.6. The molecule has 178 valence electrons. The lowest BCUT2D eigenvalue weighted by molar-refractivity contribution is 0.0124. The van der Waals surface area contributed by atoms with Crippen molar-refractivity contribution in [2.45, 2.75) is 13.3 Å². The van der Waals surface area contributed by atoms with E-state index in [9.17, 15) is 4.79 Å². The van der Waals surface area contributed by atoms with Crippen LogP contribution in [0.2, 0.25) is 10.0 Å². The van der Waals surface area contributed by atoms with E-state index >= 15 is 0 Å². The van der Waals surface area contributed by atoms with Crippen LogP contribution >= 0.6 is 23.2 Å². The van der Waals surface area contributed by atoms with Gasteiger partial charge in [-0.3, -0.25) is 10.2 Å². The Morgan fingerprint density at radius 1 is 1.20 bits per heavy atom. The molecule has 2 aromatic carbocycles. The fourth-order valence-corrected chi connectivity index (χ4v) is 4.23. The maximum atomic E-state index is 13.2. The van der Waals surface area contributed by atoms with Gasteiger partial charge in [0, 0.05) is 34.8 Å². The Balaban J connectivity index is 1.73. The number of hydrogen-bond donors (Lipinski definition) is 1. The van der Waals surface area contributed by atoms with Gasteiger partial charge in [-0.15, -0.1) is 0 Å². The minimum atomic E-state index is -0.295. The Bertz CT molecular complexity index is 1330. The molecule has 1 amide bonds. The number of benzene rings is 2. The highest BCUT2D eigenvalue weighted by molar-refractivity contribution is 6.35. The molecular formula is C26H23Cl2N5O2. The molecule has 1 aromatic heterocycles. The molecule has 1 aliphatic heterocycles. The second-order valence-corrected chi connectivity index (χ2v) is 8.72. The minimum Gasteiger partial charge on any atom is -0.379 e. The molecule has 0 radical (unpaired) electrons. The maximum Gasteiger partial charge on any atom is 0.286 e. The molecule has 0 aliphatic carbocycles. The number of ether oxygens (including phenoxy) is 1. The van der Waals surface area contributed by atoms with E-state index in [1.165, 1.54) is 0 Å². The zero-order chi connectivity index (χ0) is 24.8. The Kier molecular flexibility index (Phi) is 8.07. The molecule has 0 saturated carbocycles. The third-order valence-corrected chi connectivity index (χ3v) is 6.02. The highest BCUT2D eigenvalue weighted by atomic mass is 35.5. The number of aromatic nitrogens is 2. The predicted octanol–water partition coefficient (Wildman–Crippen LogP) is 4.79. The highest BCUT2D eigenvalue weighted by Crippen LogP contribution is 2.32. The standard InChI is InChI=1S/C26H23Cl2N5O2/c1-18-24(26(34)31-32-13-15-35-16-14-32)30-33(23-11-10-21(27)17-22(23)28)25(18)20-8-6-19(7-9-20)5-3-4-12-29-2/h6-11,17H,4,12-16H2,1H3,(H,31,34). The number of rotatable bonds is 5. The molecule has 1 aliphatic rings. The summed E-state index contributed by atoms with van der Waals surface area (Å²) in [4.78, 5) is 16.5. The van der Waals surface area contributed by atoms with Crippen molar-refractivity contribution in [3.8, 4) is 28.8 Å². The van der Waals surface area contributed by atoms with Crippen LogP contribution in [0.15, 0.2) is 42.5 Å². The number of hydrogen-bond acceptors (Lipinski definition) is 4. The van der Waals surface area contributed by atoms with Gasteiger partial charge in [0.1, 0.15) is 0 Å². The Hall–Kier alpha value is -3.33. The quantitative estimate of drug-likeness (QED) is 0.306. The van der Waals surface area contributed by atoms with E-state index in [1.807, 2.05) is 36.2 Å². The number of morpholine rings is 1. The zero-order valence-electron chi connectivity index (χ0n) is 19.1. The summed E-state index contributed by atoms with van der Waals surface area (Å²) in [5.74, 6) is 5.78. The molecule has 35 heavy (non-hydrogen) atoms. The number of hydrazine groups is 1. The van der Waals surface area contributed by atoms with Crippen molar-refractivity contribution in [1.82, 2.24) is 20.2 Å². The third kappa shape index (κ3) is 5.85. The normalized spacial score (nSPS) is 13.5. The lowest BCUT2D eigenvalue weighted by atomic mass is 10.0. The topological polar surface area (TPSA) is 63.8 Å². The smallest absolute Gasteiger partial charge is 0.286 e. The molecule has 9 heteroatoms. The summed E-state index contributed by atoms with van der Waals surface area (Å²) in [5, 5.41) is 7.43. The summed E-state index contributed by atoms with van der Waals surface area (Å²) in [5.41, 5.74) is 7.02. The van der Waals surface area contributed by atoms with Crippen LogP contribution in [-0.4, -0.2) is 53.5 Å². The fourth-order valence-electron chi connectivity index (χ4n) is 3.74. The number of nitrogens with zero attached hydrogens (tertiary/aromatic N) is 4. The van der Waals surface area contributed by atoms with Crippen molar-refractivity contribution in [2.24, 2.45) is 0 Å². The molecule has 2 heterocycles. The van der Waals surface area contributed by atoms with Gasteiger partial charge in [-0.25, -0.2) is 16.3 Å². The van der Waals surface area contributed by atoms with Crippen LogP contribution in [0.4, 0.5) is 0 Å². The Morgan fingerprint density at radius 3 is 2.63 bits per heavy atom. The first-order valence-electron chi connectivity index (χ1n) is 11.1. The summed E-state index contributed by atoms with van der Waals surface area (Å²) in [6.45, 7) is 11.5. The van der Waals surface area contributed by atoms with Crippen LogP contribution in [0.3, 0.4) is 0 Å². The molecule has 3 aromatic rings. The van der Waals surface area contributed by atoms with Gasteiger partial charge in [-0.2, -0.15) is 5.10 Å². The van der Waals surface area contributed by atoms with Gasteiger partial charge in [0.25, 0.3) is 5.91 Å². The number of carbonyl (C=O) groups is 1. The van der Waals surface area contributed by atoms with Gasteiger partial charge in [0.15, 0.2) is 5.69 Å². The van der Waals surface area contributed by atoms with E-state index in [0.717, 1.165) is 22.4 Å². The van der Waals surface area contributed by atoms with Gasteiger partial charge in [-0.1, -0.05) is 47.2 Å². The van der Waals surface area contributed by atoms with E-state index in [2.05, 4.69) is 27.2 Å². The molecular weight excluding hydrogens is 485 g/mol. The summed E-state index contributed by atoms with van der Waals surface area (Å²) in [6, 6.07) is 12.9. The van der Waals surface area contributed by atoms with Crippen LogP contribution < -0.4 is 5.43 Å². The average molecular weight is 508 g/mol. The number of amides is 1. The Labute approximate surface area is 214 Å². The van der Waals surface area contributed by atoms with Crippen molar-refractivity contribution in [3.63, 3.8) is 0 Å². The fraction of sp³-hybridized carbons (Fsp3) is 0.269. The molecule has 4 rings (SSSR count). The van der Waals surface area contributed by atoms with E-state index in [1.54, 1.807) is 22.9 Å². The molecule has 0 bridgehead atoms. The van der Waals surface area contributed by atoms with Crippen molar-refractivity contribution < 1.29 is 9.53 Å². The molecule has 0 unspecified atom stereocenters. The first kappa shape index (κ1) is 24.8. The van der Waals surface area contributed by atoms with Crippen molar-refractivity contribution in [2.75, 3.05) is 32.8 Å². The largest absolute Gasteiger partial charge is 0.379 e. The maximum absolute atomic E-state index is 13.2. The van der Waals surface area contributed by atoms with Crippen molar-refractivity contribution in [1.29, 1.82) is 0 Å². The van der Waals surface area contributed by atoms with E-state index in [-0.39, 0.29) is 5.91 Å². The van der Waals surface area contributed by atoms with E-state index in [0.29, 0.717) is 60.7 Å². The van der Waals surface area contributed by atoms with Crippen LogP contribution in [0.25, 0.3) is 21.8 Å². The van der Waals surface area contributed by atoms with Gasteiger partial charge in [-0.05, 0) is 37.3 Å². The first-order valence-corrected chi connectivity index (χ1v) is 11.8. The number of carbonyl (C=O) groups excluding carboxylic acids is 1. The van der Waals surface area contributed by atoms with Gasteiger partial charge in [0.2, 0.25) is 6.54 Å². The third-order valence-electron chi connectivity index (χ3n) is 5.49. The van der Waals surface area contributed by atoms with Crippen molar-refractivity contribution >= 4 is 29.1 Å². The molecule has 0 atom stereocenters. The van der Waals surface area contributed by atoms with Gasteiger partial charge in [0.05, 0.1) is 36.0 Å². The summed E-state index contributed by atoms with van der Waals surface area (Å²) in [7, 11) is 0. The lowest BCUT2D eigenvalue weighted by Gasteiger charge is -2.26. The number of halogens is 2. The van der Waals surface area contributed by atoms with Crippen LogP contribution in [0.1, 0.15) is 28.0 Å². The lowest BCUT2D eigenvalue weighted by Crippen LogP contribution is -2.48. The number of nitrogens with one attached hydrogen (secondary N) is 1. The van der Waals surface area contributed by atoms with Crippen molar-refractivity contribution in [3.05, 3.63) is 80.7 Å². The van der Waals surface area contributed by atoms with Crippen LogP contribution in [0, 0.1) is 25.3 Å². The van der Waals surface area contributed by atoms with Crippen LogP contribution in [0.5, 0.6) is 0 Å². The predicted molar refractivity (Wildman–Crippen MR) is 137 cm³/mol. The first-order chi connectivity index (χ1) is 17.0. The van der Waals surface area contributed by atoms with E-state index in [4.69, 9.17) is 34.5 Å². The highest BCUT2D eigenvalue weighted by Gasteiger charge is 2.25. The van der Waals surface area contributed by atoms with Gasteiger partial charge < -0.3 is 9.58 Å². The SMILES string of the molecule is [C-]#[N+]CCC#Cc1ccc(-c2c(C)c(C(=O)NN3CCOCC3)nn2-c2ccc(Cl)cc2Cl)cc1. The molecule has 1 N–H and O–H groups in total. The molecule has 1 saturated heterocycles. The average Bonchev–Trinajstić information content (AvgIpc) is 3.19. The molecule has 7 nitrogen and oxygen atoms in total. The second kappa shape index (κ2) is 11.4. The minimum absolute atomic E-state index is 0.295. The second-order valence-electron chi connectivity index (χ2n) is 7.88. The zero-order valence-corrected chi connectivity index (χ0v) is 20.7. The van der Waals surface area contributed by atoms with E-state index < -0.39 is 0 Å². The molecule has 0 spiro atoms. The van der Waals surface area contributed by atoms with Gasteiger partial charge >= 0.3 is 0 Å².